The molecule has 3 aliphatic rings. The normalized spacial score (nSPS) is 19.7. The molecule has 0 aliphatic carbocycles. The van der Waals surface area contributed by atoms with Gasteiger partial charge in [0.2, 0.25) is 0 Å². The van der Waals surface area contributed by atoms with E-state index in [1.807, 2.05) is 36.1 Å². The molecule has 0 bridgehead atoms. The minimum atomic E-state index is -0.166. The Balaban J connectivity index is 1.40. The van der Waals surface area contributed by atoms with E-state index in [1.165, 1.54) is 0 Å². The van der Waals surface area contributed by atoms with E-state index in [9.17, 15) is 14.7 Å². The van der Waals surface area contributed by atoms with Crippen molar-refractivity contribution >= 4 is 29.2 Å². The van der Waals surface area contributed by atoms with Crippen molar-refractivity contribution in [2.45, 2.75) is 19.8 Å². The van der Waals surface area contributed by atoms with Crippen LogP contribution in [0.2, 0.25) is 0 Å². The van der Waals surface area contributed by atoms with E-state index in [0.29, 0.717) is 25.1 Å². The van der Waals surface area contributed by atoms with Gasteiger partial charge in [-0.15, -0.1) is 0 Å². The zero-order valence-electron chi connectivity index (χ0n) is 18.9. The molecule has 2 aromatic rings. The van der Waals surface area contributed by atoms with E-state index in [1.54, 1.807) is 0 Å². The van der Waals surface area contributed by atoms with E-state index < -0.39 is 0 Å². The minimum Gasteiger partial charge on any atom is -0.396 e. The molecule has 1 saturated heterocycles. The number of nitrogens with one attached hydrogen (secondary N) is 2. The van der Waals surface area contributed by atoms with Crippen LogP contribution in [0.5, 0.6) is 0 Å². The topological polar surface area (TPSA) is 97.9 Å². The Hall–Kier alpha value is -2.94. The fraction of sp³-hybridized carbons (Fsp3) is 0.440. The molecular weight excluding hydrogens is 420 g/mol. The molecule has 1 aromatic heterocycles. The fourth-order valence-electron chi connectivity index (χ4n) is 5.04. The molecule has 0 unspecified atom stereocenters. The Kier molecular flexibility index (Phi) is 6.05. The van der Waals surface area contributed by atoms with Crippen molar-refractivity contribution in [3.63, 3.8) is 0 Å². The summed E-state index contributed by atoms with van der Waals surface area (Å²) in [5.41, 5.74) is 6.43. The molecule has 0 spiro atoms. The zero-order chi connectivity index (χ0) is 22.9. The van der Waals surface area contributed by atoms with Crippen molar-refractivity contribution in [3.8, 4) is 0 Å². The number of rotatable bonds is 6. The Morgan fingerprint density at radius 3 is 2.73 bits per heavy atom. The minimum absolute atomic E-state index is 0.0164. The number of morpholine rings is 1. The zero-order valence-corrected chi connectivity index (χ0v) is 18.9. The first-order valence-corrected chi connectivity index (χ1v) is 11.6. The molecule has 2 amide bonds. The van der Waals surface area contributed by atoms with Gasteiger partial charge >= 0.3 is 0 Å². The number of amides is 2. The highest BCUT2D eigenvalue weighted by Crippen LogP contribution is 2.37. The van der Waals surface area contributed by atoms with Gasteiger partial charge in [0, 0.05) is 68.4 Å². The van der Waals surface area contributed by atoms with Crippen LogP contribution in [-0.2, 0) is 22.4 Å². The Morgan fingerprint density at radius 2 is 1.94 bits per heavy atom. The van der Waals surface area contributed by atoms with Crippen molar-refractivity contribution < 1.29 is 19.4 Å². The SMILES string of the molecule is Cc1c(/C=C2\C(=O)Nc3cccc(CCO)c32)[nH]c2c1C(=O)N(CCN1CCOCC1)CC2. The molecule has 174 valence electrons. The number of fused-ring (bicyclic) bond motifs is 2. The fourth-order valence-corrected chi connectivity index (χ4v) is 5.04. The first kappa shape index (κ1) is 21.9. The van der Waals surface area contributed by atoms with E-state index in [-0.39, 0.29) is 18.4 Å². The third-order valence-electron chi connectivity index (χ3n) is 6.87. The summed E-state index contributed by atoms with van der Waals surface area (Å²) < 4.78 is 5.41. The number of aromatic nitrogens is 1. The average Bonchev–Trinajstić information content (AvgIpc) is 3.31. The maximum atomic E-state index is 13.3. The smallest absolute Gasteiger partial charge is 0.256 e. The molecule has 0 saturated carbocycles. The molecule has 1 aromatic carbocycles. The van der Waals surface area contributed by atoms with Gasteiger partial charge in [-0.1, -0.05) is 12.1 Å². The predicted molar refractivity (Wildman–Crippen MR) is 126 cm³/mol. The number of aliphatic hydroxyl groups excluding tert-OH is 1. The van der Waals surface area contributed by atoms with Gasteiger partial charge in [-0.3, -0.25) is 14.5 Å². The highest BCUT2D eigenvalue weighted by molar-refractivity contribution is 6.35. The second-order valence-electron chi connectivity index (χ2n) is 8.84. The molecule has 33 heavy (non-hydrogen) atoms. The van der Waals surface area contributed by atoms with Crippen LogP contribution >= 0.6 is 0 Å². The molecule has 0 atom stereocenters. The number of hydrogen-bond donors (Lipinski definition) is 3. The maximum absolute atomic E-state index is 13.3. The third-order valence-corrected chi connectivity index (χ3v) is 6.87. The van der Waals surface area contributed by atoms with Crippen LogP contribution in [0.4, 0.5) is 5.69 Å². The summed E-state index contributed by atoms with van der Waals surface area (Å²) in [7, 11) is 0. The highest BCUT2D eigenvalue weighted by atomic mass is 16.5. The van der Waals surface area contributed by atoms with Crippen LogP contribution in [-0.4, -0.2) is 84.2 Å². The summed E-state index contributed by atoms with van der Waals surface area (Å²) in [6.45, 7) is 7.55. The van der Waals surface area contributed by atoms with Crippen molar-refractivity contribution in [2.75, 3.05) is 57.9 Å². The number of ether oxygens (including phenoxy) is 1. The first-order chi connectivity index (χ1) is 16.1. The van der Waals surface area contributed by atoms with Gasteiger partial charge in [-0.25, -0.2) is 0 Å². The van der Waals surface area contributed by atoms with Crippen molar-refractivity contribution in [3.05, 3.63) is 51.8 Å². The summed E-state index contributed by atoms with van der Waals surface area (Å²) in [5, 5.41) is 12.4. The second kappa shape index (κ2) is 9.13. The van der Waals surface area contributed by atoms with Gasteiger partial charge in [0.05, 0.1) is 24.4 Å². The molecule has 4 heterocycles. The quantitative estimate of drug-likeness (QED) is 0.582. The lowest BCUT2D eigenvalue weighted by molar-refractivity contribution is -0.110. The summed E-state index contributed by atoms with van der Waals surface area (Å²) in [4.78, 5) is 33.7. The van der Waals surface area contributed by atoms with E-state index in [2.05, 4.69) is 15.2 Å². The van der Waals surface area contributed by atoms with Crippen LogP contribution in [0.25, 0.3) is 11.6 Å². The van der Waals surface area contributed by atoms with E-state index >= 15 is 0 Å². The molecule has 5 rings (SSSR count). The predicted octanol–water partition coefficient (Wildman–Crippen LogP) is 1.68. The van der Waals surface area contributed by atoms with Gasteiger partial charge < -0.3 is 25.0 Å². The van der Waals surface area contributed by atoms with Crippen LogP contribution in [0.15, 0.2) is 18.2 Å². The van der Waals surface area contributed by atoms with E-state index in [0.717, 1.165) is 78.6 Å². The molecule has 0 radical (unpaired) electrons. The van der Waals surface area contributed by atoms with Crippen LogP contribution in [0.3, 0.4) is 0 Å². The average molecular weight is 451 g/mol. The Morgan fingerprint density at radius 1 is 1.12 bits per heavy atom. The van der Waals surface area contributed by atoms with Crippen LogP contribution in [0, 0.1) is 6.92 Å². The molecule has 8 nitrogen and oxygen atoms in total. The number of hydrogen-bond acceptors (Lipinski definition) is 5. The lowest BCUT2D eigenvalue weighted by atomic mass is 9.96. The Bertz CT molecular complexity index is 1110. The number of aromatic amines is 1. The van der Waals surface area contributed by atoms with Gasteiger partial charge in [0.25, 0.3) is 11.8 Å². The Labute approximate surface area is 193 Å². The third kappa shape index (κ3) is 4.10. The van der Waals surface area contributed by atoms with Crippen LogP contribution in [0.1, 0.15) is 38.4 Å². The van der Waals surface area contributed by atoms with E-state index in [4.69, 9.17) is 4.74 Å². The van der Waals surface area contributed by atoms with Gasteiger partial charge in [0.1, 0.15) is 0 Å². The molecule has 3 N–H and O–H groups in total. The lowest BCUT2D eigenvalue weighted by Gasteiger charge is -2.32. The number of H-pyrrole nitrogens is 1. The molecule has 8 heteroatoms. The number of anilines is 1. The first-order valence-electron chi connectivity index (χ1n) is 11.6. The number of nitrogens with zero attached hydrogens (tertiary/aromatic N) is 2. The number of aliphatic hydroxyl groups is 1. The number of carbonyl (C=O) groups excluding carboxylic acids is 2. The monoisotopic (exact) mass is 450 g/mol. The highest BCUT2D eigenvalue weighted by Gasteiger charge is 2.31. The van der Waals surface area contributed by atoms with Crippen LogP contribution < -0.4 is 5.32 Å². The lowest BCUT2D eigenvalue weighted by Crippen LogP contribution is -2.45. The summed E-state index contributed by atoms with van der Waals surface area (Å²) in [5.74, 6) is -0.110. The molecular formula is C25H30N4O4. The number of benzene rings is 1. The standard InChI is InChI=1S/C25H30N4O4/c1-16-21(15-18-23-17(6-12-30)3-2-4-19(23)27-24(18)31)26-20-5-7-29(25(32)22(16)20)9-8-28-10-13-33-14-11-28/h2-4,15,26,30H,5-14H2,1H3,(H,27,31)/b18-15-. The largest absolute Gasteiger partial charge is 0.396 e. The second-order valence-corrected chi connectivity index (χ2v) is 8.84. The van der Waals surface area contributed by atoms with Crippen molar-refractivity contribution in [2.24, 2.45) is 0 Å². The van der Waals surface area contributed by atoms with Gasteiger partial charge in [0.15, 0.2) is 0 Å². The van der Waals surface area contributed by atoms with Crippen molar-refractivity contribution in [1.82, 2.24) is 14.8 Å². The summed E-state index contributed by atoms with van der Waals surface area (Å²) in [6.07, 6.45) is 3.10. The van der Waals surface area contributed by atoms with Gasteiger partial charge in [-0.2, -0.15) is 0 Å². The molecule has 3 aliphatic heterocycles. The maximum Gasteiger partial charge on any atom is 0.256 e. The van der Waals surface area contributed by atoms with Crippen molar-refractivity contribution in [1.29, 1.82) is 0 Å². The summed E-state index contributed by atoms with van der Waals surface area (Å²) >= 11 is 0. The summed E-state index contributed by atoms with van der Waals surface area (Å²) in [6, 6.07) is 5.69. The molecule has 1 fully saturated rings. The van der Waals surface area contributed by atoms with Gasteiger partial charge in [-0.05, 0) is 36.6 Å². The number of carbonyl (C=O) groups is 2.